The molecule has 158 valence electrons. The van der Waals surface area contributed by atoms with E-state index in [9.17, 15) is 5.11 Å². The van der Waals surface area contributed by atoms with E-state index in [1.807, 2.05) is 6.07 Å². The van der Waals surface area contributed by atoms with Gasteiger partial charge in [-0.3, -0.25) is 4.90 Å². The highest BCUT2D eigenvalue weighted by Crippen LogP contribution is 2.32. The smallest absolute Gasteiger partial charge is 0.227 e. The lowest BCUT2D eigenvalue weighted by molar-refractivity contribution is 0.139. The van der Waals surface area contributed by atoms with E-state index in [-0.39, 0.29) is 17.2 Å². The molecule has 2 N–H and O–H groups in total. The lowest BCUT2D eigenvalue weighted by Gasteiger charge is -2.46. The molecule has 3 aromatic rings. The Morgan fingerprint density at radius 3 is 2.47 bits per heavy atom. The van der Waals surface area contributed by atoms with E-state index in [4.69, 9.17) is 4.98 Å². The van der Waals surface area contributed by atoms with Gasteiger partial charge < -0.3 is 15.3 Å². The van der Waals surface area contributed by atoms with E-state index in [0.717, 1.165) is 41.8 Å². The zero-order valence-corrected chi connectivity index (χ0v) is 18.5. The zero-order valence-electron chi connectivity index (χ0n) is 18.5. The van der Waals surface area contributed by atoms with Gasteiger partial charge in [-0.2, -0.15) is 0 Å². The topological polar surface area (TPSA) is 64.5 Å². The predicted octanol–water partition coefficient (Wildman–Crippen LogP) is 4.73. The monoisotopic (exact) mass is 405 g/mol. The van der Waals surface area contributed by atoms with Crippen LogP contribution in [-0.4, -0.2) is 52.2 Å². The molecule has 4 rings (SSSR count). The third-order valence-electron chi connectivity index (χ3n) is 6.15. The number of likely N-dealkylation sites (N-methyl/N-ethyl adjacent to an activating group) is 1. The van der Waals surface area contributed by atoms with Gasteiger partial charge in [0.2, 0.25) is 5.95 Å². The fraction of sp³-hybridized carbons (Fsp3) is 0.417. The molecule has 0 radical (unpaired) electrons. The van der Waals surface area contributed by atoms with Gasteiger partial charge in [0.1, 0.15) is 5.75 Å². The van der Waals surface area contributed by atoms with Crippen molar-refractivity contribution in [3.8, 4) is 5.75 Å². The van der Waals surface area contributed by atoms with E-state index in [2.05, 4.69) is 79.1 Å². The summed E-state index contributed by atoms with van der Waals surface area (Å²) in [6.45, 7) is 11.8. The Morgan fingerprint density at radius 1 is 1.07 bits per heavy atom. The van der Waals surface area contributed by atoms with Crippen molar-refractivity contribution < 1.29 is 5.11 Å². The largest absolute Gasteiger partial charge is 0.508 e. The second kappa shape index (κ2) is 7.76. The predicted molar refractivity (Wildman–Crippen MR) is 124 cm³/mol. The number of anilines is 3. The van der Waals surface area contributed by atoms with E-state index >= 15 is 0 Å². The molecule has 0 amide bonds. The Hall–Kier alpha value is -2.86. The van der Waals surface area contributed by atoms with E-state index in [1.54, 1.807) is 12.3 Å². The number of benzene rings is 2. The number of aromatic hydroxyl groups is 1. The Bertz CT molecular complexity index is 1050. The molecule has 0 atom stereocenters. The SMILES string of the molecule is CC(C)c1c(O)ccc2cnc(Nc3ccc(N4CCN(C)C(C)(C)C4)cc3)nc12. The number of nitrogens with one attached hydrogen (secondary N) is 1. The van der Waals surface area contributed by atoms with Crippen molar-refractivity contribution in [3.05, 3.63) is 48.2 Å². The van der Waals surface area contributed by atoms with E-state index < -0.39 is 0 Å². The normalized spacial score (nSPS) is 16.9. The number of fused-ring (bicyclic) bond motifs is 1. The highest BCUT2D eigenvalue weighted by molar-refractivity contribution is 5.85. The van der Waals surface area contributed by atoms with Gasteiger partial charge in [-0.1, -0.05) is 13.8 Å². The fourth-order valence-corrected chi connectivity index (χ4v) is 4.08. The van der Waals surface area contributed by atoms with Gasteiger partial charge in [0.15, 0.2) is 0 Å². The van der Waals surface area contributed by atoms with E-state index in [0.29, 0.717) is 5.95 Å². The minimum Gasteiger partial charge on any atom is -0.508 e. The molecule has 0 aliphatic carbocycles. The highest BCUT2D eigenvalue weighted by Gasteiger charge is 2.31. The van der Waals surface area contributed by atoms with Gasteiger partial charge >= 0.3 is 0 Å². The molecular weight excluding hydrogens is 374 g/mol. The molecule has 0 spiro atoms. The van der Waals surface area contributed by atoms with Crippen LogP contribution in [0.1, 0.15) is 39.2 Å². The summed E-state index contributed by atoms with van der Waals surface area (Å²) in [6, 6.07) is 12.0. The molecule has 0 unspecified atom stereocenters. The number of phenolic OH excluding ortho intramolecular Hbond substituents is 1. The minimum atomic E-state index is 0.161. The van der Waals surface area contributed by atoms with Gasteiger partial charge in [-0.25, -0.2) is 9.97 Å². The van der Waals surface area contributed by atoms with Gasteiger partial charge in [0.05, 0.1) is 5.52 Å². The van der Waals surface area contributed by atoms with Crippen molar-refractivity contribution in [1.29, 1.82) is 0 Å². The maximum absolute atomic E-state index is 10.3. The summed E-state index contributed by atoms with van der Waals surface area (Å²) in [5, 5.41) is 14.5. The molecule has 6 nitrogen and oxygen atoms in total. The van der Waals surface area contributed by atoms with Crippen molar-refractivity contribution in [2.24, 2.45) is 0 Å². The summed E-state index contributed by atoms with van der Waals surface area (Å²) in [7, 11) is 2.19. The maximum Gasteiger partial charge on any atom is 0.227 e. The Kier molecular flexibility index (Phi) is 5.28. The van der Waals surface area contributed by atoms with E-state index in [1.165, 1.54) is 5.69 Å². The maximum atomic E-state index is 10.3. The van der Waals surface area contributed by atoms with Crippen molar-refractivity contribution >= 4 is 28.2 Å². The van der Waals surface area contributed by atoms with Crippen molar-refractivity contribution in [2.75, 3.05) is 36.9 Å². The first-order valence-corrected chi connectivity index (χ1v) is 10.6. The van der Waals surface area contributed by atoms with Crippen LogP contribution in [0.5, 0.6) is 5.75 Å². The second-order valence-corrected chi connectivity index (χ2v) is 9.11. The molecule has 2 aromatic carbocycles. The Balaban J connectivity index is 1.55. The van der Waals surface area contributed by atoms with Gasteiger partial charge in [0, 0.05) is 53.7 Å². The molecule has 1 saturated heterocycles. The first-order valence-electron chi connectivity index (χ1n) is 10.6. The summed E-state index contributed by atoms with van der Waals surface area (Å²) in [5.41, 5.74) is 3.98. The first-order chi connectivity index (χ1) is 14.2. The quantitative estimate of drug-likeness (QED) is 0.654. The number of hydrogen-bond donors (Lipinski definition) is 2. The molecule has 30 heavy (non-hydrogen) atoms. The number of hydrogen-bond acceptors (Lipinski definition) is 6. The first kappa shape index (κ1) is 20.4. The zero-order chi connectivity index (χ0) is 21.5. The van der Waals surface area contributed by atoms with Crippen molar-refractivity contribution in [3.63, 3.8) is 0 Å². The van der Waals surface area contributed by atoms with Crippen LogP contribution in [0.4, 0.5) is 17.3 Å². The second-order valence-electron chi connectivity index (χ2n) is 9.11. The molecule has 0 bridgehead atoms. The van der Waals surface area contributed by atoms with Crippen molar-refractivity contribution in [2.45, 2.75) is 39.2 Å². The summed E-state index contributed by atoms with van der Waals surface area (Å²) < 4.78 is 0. The minimum absolute atomic E-state index is 0.161. The van der Waals surface area contributed by atoms with Crippen LogP contribution in [0, 0.1) is 0 Å². The molecule has 6 heteroatoms. The number of rotatable bonds is 4. The third kappa shape index (κ3) is 3.92. The number of phenols is 1. The molecule has 1 fully saturated rings. The van der Waals surface area contributed by atoms with Crippen LogP contribution in [-0.2, 0) is 0 Å². The Morgan fingerprint density at radius 2 is 1.80 bits per heavy atom. The van der Waals surface area contributed by atoms with Crippen LogP contribution in [0.15, 0.2) is 42.6 Å². The summed E-state index contributed by atoms with van der Waals surface area (Å²) in [5.74, 6) is 0.980. The van der Waals surface area contributed by atoms with Crippen LogP contribution in [0.3, 0.4) is 0 Å². The third-order valence-corrected chi connectivity index (χ3v) is 6.15. The van der Waals surface area contributed by atoms with Crippen LogP contribution in [0.25, 0.3) is 10.9 Å². The molecule has 1 aliphatic heterocycles. The average Bonchev–Trinajstić information content (AvgIpc) is 2.70. The summed E-state index contributed by atoms with van der Waals surface area (Å²) in [4.78, 5) is 14.0. The fourth-order valence-electron chi connectivity index (χ4n) is 4.08. The van der Waals surface area contributed by atoms with Crippen LogP contribution in [0.2, 0.25) is 0 Å². The Labute approximate surface area is 178 Å². The number of nitrogens with zero attached hydrogens (tertiary/aromatic N) is 4. The number of aromatic nitrogens is 2. The van der Waals surface area contributed by atoms with Crippen molar-refractivity contribution in [1.82, 2.24) is 14.9 Å². The summed E-state index contributed by atoms with van der Waals surface area (Å²) in [6.07, 6.45) is 1.80. The van der Waals surface area contributed by atoms with Crippen LogP contribution >= 0.6 is 0 Å². The summed E-state index contributed by atoms with van der Waals surface area (Å²) >= 11 is 0. The van der Waals surface area contributed by atoms with Gasteiger partial charge in [-0.15, -0.1) is 0 Å². The lowest BCUT2D eigenvalue weighted by Crippen LogP contribution is -2.57. The highest BCUT2D eigenvalue weighted by atomic mass is 16.3. The molecular formula is C24H31N5O. The molecule has 1 aromatic heterocycles. The average molecular weight is 406 g/mol. The molecule has 2 heterocycles. The lowest BCUT2D eigenvalue weighted by atomic mass is 9.99. The van der Waals surface area contributed by atoms with Crippen LogP contribution < -0.4 is 10.2 Å². The standard InChI is InChI=1S/C24H31N5O/c1-16(2)21-20(30)11-6-17-14-25-23(27-22(17)21)26-18-7-9-19(10-8-18)29-13-12-28(5)24(3,4)15-29/h6-11,14,16,30H,12-13,15H2,1-5H3,(H,25,26,27). The molecule has 0 saturated carbocycles. The molecule has 1 aliphatic rings. The van der Waals surface area contributed by atoms with Gasteiger partial charge in [-0.05, 0) is 63.2 Å². The number of piperazine rings is 1. The van der Waals surface area contributed by atoms with Gasteiger partial charge in [0.25, 0.3) is 0 Å².